The van der Waals surface area contributed by atoms with E-state index in [0.717, 1.165) is 11.3 Å². The summed E-state index contributed by atoms with van der Waals surface area (Å²) in [5.41, 5.74) is 1.31. The topological polar surface area (TPSA) is 50.7 Å². The van der Waals surface area contributed by atoms with E-state index in [1.165, 1.54) is 0 Å². The first-order valence-electron chi connectivity index (χ1n) is 4.91. The number of amidine groups is 1. The van der Waals surface area contributed by atoms with Crippen molar-refractivity contribution in [3.63, 3.8) is 0 Å². The number of nitrogens with zero attached hydrogens (tertiary/aromatic N) is 1. The van der Waals surface area contributed by atoms with Crippen molar-refractivity contribution in [2.24, 2.45) is 4.99 Å². The number of amides is 1. The summed E-state index contributed by atoms with van der Waals surface area (Å²) in [5, 5.41) is 2.63. The molecule has 4 nitrogen and oxygen atoms in total. The Morgan fingerprint density at radius 2 is 2.25 bits per heavy atom. The SMILES string of the molecule is COc1cccc(/C=C2/N=C(C)NC2=O)c1. The van der Waals surface area contributed by atoms with Crippen molar-refractivity contribution in [1.82, 2.24) is 5.32 Å². The first-order chi connectivity index (χ1) is 7.69. The van der Waals surface area contributed by atoms with Gasteiger partial charge in [-0.1, -0.05) is 12.1 Å². The molecule has 16 heavy (non-hydrogen) atoms. The van der Waals surface area contributed by atoms with Crippen LogP contribution in [-0.4, -0.2) is 18.9 Å². The third kappa shape index (κ3) is 2.11. The minimum absolute atomic E-state index is 0.166. The summed E-state index contributed by atoms with van der Waals surface area (Å²) in [4.78, 5) is 15.5. The Morgan fingerprint density at radius 1 is 1.44 bits per heavy atom. The lowest BCUT2D eigenvalue weighted by molar-refractivity contribution is -0.115. The van der Waals surface area contributed by atoms with Crippen molar-refractivity contribution in [2.45, 2.75) is 6.92 Å². The highest BCUT2D eigenvalue weighted by atomic mass is 16.5. The highest BCUT2D eigenvalue weighted by Crippen LogP contribution is 2.17. The fourth-order valence-corrected chi connectivity index (χ4v) is 1.47. The fraction of sp³-hybridized carbons (Fsp3) is 0.167. The van der Waals surface area contributed by atoms with Gasteiger partial charge in [-0.2, -0.15) is 0 Å². The van der Waals surface area contributed by atoms with E-state index in [9.17, 15) is 4.79 Å². The minimum Gasteiger partial charge on any atom is -0.497 e. The summed E-state index contributed by atoms with van der Waals surface area (Å²) in [5.74, 6) is 1.22. The summed E-state index contributed by atoms with van der Waals surface area (Å²) in [7, 11) is 1.61. The van der Waals surface area contributed by atoms with Gasteiger partial charge in [0.25, 0.3) is 5.91 Å². The van der Waals surface area contributed by atoms with Crippen molar-refractivity contribution in [3.05, 3.63) is 35.5 Å². The van der Waals surface area contributed by atoms with Gasteiger partial charge < -0.3 is 10.1 Å². The van der Waals surface area contributed by atoms with Gasteiger partial charge in [0.1, 0.15) is 17.3 Å². The van der Waals surface area contributed by atoms with Crippen LogP contribution in [0.25, 0.3) is 6.08 Å². The Bertz CT molecular complexity index is 490. The molecule has 0 radical (unpaired) electrons. The zero-order chi connectivity index (χ0) is 11.5. The number of rotatable bonds is 2. The molecule has 1 heterocycles. The molecule has 0 saturated carbocycles. The fourth-order valence-electron chi connectivity index (χ4n) is 1.47. The van der Waals surface area contributed by atoms with Crippen LogP contribution in [0.5, 0.6) is 5.75 Å². The normalized spacial score (nSPS) is 17.2. The second kappa shape index (κ2) is 4.18. The van der Waals surface area contributed by atoms with Crippen LogP contribution in [0.15, 0.2) is 35.0 Å². The number of hydrogen-bond donors (Lipinski definition) is 1. The summed E-state index contributed by atoms with van der Waals surface area (Å²) in [6.07, 6.45) is 1.73. The highest BCUT2D eigenvalue weighted by Gasteiger charge is 2.16. The van der Waals surface area contributed by atoms with Gasteiger partial charge in [0.2, 0.25) is 0 Å². The first-order valence-corrected chi connectivity index (χ1v) is 4.91. The van der Waals surface area contributed by atoms with Crippen LogP contribution in [0, 0.1) is 0 Å². The van der Waals surface area contributed by atoms with Gasteiger partial charge in [-0.15, -0.1) is 0 Å². The van der Waals surface area contributed by atoms with Gasteiger partial charge in [-0.25, -0.2) is 4.99 Å². The Morgan fingerprint density at radius 3 is 2.88 bits per heavy atom. The number of carbonyl (C=O) groups excluding carboxylic acids is 1. The molecule has 1 aliphatic heterocycles. The molecule has 2 rings (SSSR count). The maximum Gasteiger partial charge on any atom is 0.275 e. The molecule has 4 heteroatoms. The summed E-state index contributed by atoms with van der Waals surface area (Å²) >= 11 is 0. The van der Waals surface area contributed by atoms with E-state index >= 15 is 0 Å². The monoisotopic (exact) mass is 216 g/mol. The smallest absolute Gasteiger partial charge is 0.275 e. The molecule has 0 fully saturated rings. The summed E-state index contributed by atoms with van der Waals surface area (Å²) < 4.78 is 5.10. The van der Waals surface area contributed by atoms with E-state index < -0.39 is 0 Å². The second-order valence-electron chi connectivity index (χ2n) is 3.46. The Hall–Kier alpha value is -2.10. The van der Waals surface area contributed by atoms with Gasteiger partial charge in [0.05, 0.1) is 7.11 Å². The number of aliphatic imine (C=N–C) groups is 1. The van der Waals surface area contributed by atoms with E-state index in [2.05, 4.69) is 10.3 Å². The first kappa shape index (κ1) is 10.4. The molecule has 82 valence electrons. The standard InChI is InChI=1S/C12H12N2O2/c1-8-13-11(12(15)14-8)7-9-4-3-5-10(6-9)16-2/h3-7H,1-2H3,(H,13,14,15)/b11-7+. The van der Waals surface area contributed by atoms with Crippen molar-refractivity contribution in [1.29, 1.82) is 0 Å². The van der Waals surface area contributed by atoms with E-state index in [1.807, 2.05) is 24.3 Å². The average Bonchev–Trinajstić information content (AvgIpc) is 2.58. The summed E-state index contributed by atoms with van der Waals surface area (Å²) in [6, 6.07) is 7.47. The van der Waals surface area contributed by atoms with Gasteiger partial charge in [0.15, 0.2) is 0 Å². The van der Waals surface area contributed by atoms with Crippen LogP contribution >= 0.6 is 0 Å². The van der Waals surface area contributed by atoms with Crippen molar-refractivity contribution >= 4 is 17.8 Å². The zero-order valence-corrected chi connectivity index (χ0v) is 9.15. The van der Waals surface area contributed by atoms with Crippen LogP contribution in [0.1, 0.15) is 12.5 Å². The molecule has 0 aromatic heterocycles. The molecule has 0 aliphatic carbocycles. The maximum atomic E-state index is 11.4. The molecule has 1 amide bonds. The van der Waals surface area contributed by atoms with Gasteiger partial charge in [-0.3, -0.25) is 4.79 Å². The van der Waals surface area contributed by atoms with Crippen molar-refractivity contribution in [3.8, 4) is 5.75 Å². The molecular formula is C12H12N2O2. The number of methoxy groups -OCH3 is 1. The van der Waals surface area contributed by atoms with E-state index in [-0.39, 0.29) is 5.91 Å². The molecule has 0 atom stereocenters. The molecule has 1 aromatic carbocycles. The lowest BCUT2D eigenvalue weighted by atomic mass is 10.2. The van der Waals surface area contributed by atoms with Crippen LogP contribution in [0.3, 0.4) is 0 Å². The molecular weight excluding hydrogens is 204 g/mol. The minimum atomic E-state index is -0.166. The Labute approximate surface area is 93.6 Å². The Kier molecular flexibility index (Phi) is 2.72. The quantitative estimate of drug-likeness (QED) is 0.763. The van der Waals surface area contributed by atoms with E-state index in [1.54, 1.807) is 20.1 Å². The number of benzene rings is 1. The van der Waals surface area contributed by atoms with Gasteiger partial charge in [-0.05, 0) is 30.7 Å². The third-order valence-corrected chi connectivity index (χ3v) is 2.21. The predicted octanol–water partition coefficient (Wildman–Crippen LogP) is 1.58. The van der Waals surface area contributed by atoms with Crippen LogP contribution < -0.4 is 10.1 Å². The average molecular weight is 216 g/mol. The number of ether oxygens (including phenoxy) is 1. The zero-order valence-electron chi connectivity index (χ0n) is 9.15. The molecule has 1 aromatic rings. The van der Waals surface area contributed by atoms with E-state index in [0.29, 0.717) is 11.5 Å². The lowest BCUT2D eigenvalue weighted by Crippen LogP contribution is -2.21. The van der Waals surface area contributed by atoms with Crippen molar-refractivity contribution < 1.29 is 9.53 Å². The Balaban J connectivity index is 2.32. The lowest BCUT2D eigenvalue weighted by Gasteiger charge is -2.00. The largest absolute Gasteiger partial charge is 0.497 e. The number of hydrogen-bond acceptors (Lipinski definition) is 3. The third-order valence-electron chi connectivity index (χ3n) is 2.21. The number of nitrogens with one attached hydrogen (secondary N) is 1. The molecule has 0 bridgehead atoms. The second-order valence-corrected chi connectivity index (χ2v) is 3.46. The molecule has 1 N–H and O–H groups in total. The van der Waals surface area contributed by atoms with E-state index in [4.69, 9.17) is 4.74 Å². The van der Waals surface area contributed by atoms with Gasteiger partial charge >= 0.3 is 0 Å². The summed E-state index contributed by atoms with van der Waals surface area (Å²) in [6.45, 7) is 1.75. The molecule has 0 spiro atoms. The maximum absolute atomic E-state index is 11.4. The van der Waals surface area contributed by atoms with Crippen LogP contribution in [-0.2, 0) is 4.79 Å². The van der Waals surface area contributed by atoms with Crippen LogP contribution in [0.2, 0.25) is 0 Å². The molecule has 0 unspecified atom stereocenters. The molecule has 0 saturated heterocycles. The van der Waals surface area contributed by atoms with Crippen molar-refractivity contribution in [2.75, 3.05) is 7.11 Å². The van der Waals surface area contributed by atoms with Crippen LogP contribution in [0.4, 0.5) is 0 Å². The van der Waals surface area contributed by atoms with Gasteiger partial charge in [0, 0.05) is 0 Å². The highest BCUT2D eigenvalue weighted by molar-refractivity contribution is 6.13. The predicted molar refractivity (Wildman–Crippen MR) is 62.2 cm³/mol. The molecule has 1 aliphatic rings. The number of carbonyl (C=O) groups is 1.